The van der Waals surface area contributed by atoms with Gasteiger partial charge in [0.1, 0.15) is 0 Å². The molecule has 81 valence electrons. The van der Waals surface area contributed by atoms with Crippen LogP contribution in [0.5, 0.6) is 0 Å². The van der Waals surface area contributed by atoms with E-state index in [0.29, 0.717) is 6.61 Å². The number of ether oxygens (including phenoxy) is 1. The summed E-state index contributed by atoms with van der Waals surface area (Å²) in [5.41, 5.74) is -0.138. The minimum Gasteiger partial charge on any atom is -0.478 e. The number of carboxylic acid groups (broad SMARTS) is 1. The molecule has 0 unspecified atom stereocenters. The third-order valence-corrected chi connectivity index (χ3v) is 1.42. The van der Waals surface area contributed by atoms with Crippen molar-refractivity contribution in [3.8, 4) is 0 Å². The molecule has 0 aromatic heterocycles. The highest BCUT2D eigenvalue weighted by Gasteiger charge is 2.10. The summed E-state index contributed by atoms with van der Waals surface area (Å²) in [6.07, 6.45) is 1.50. The average molecular weight is 201 g/mol. The monoisotopic (exact) mass is 201 g/mol. The Bertz CT molecular complexity index is 208. The van der Waals surface area contributed by atoms with Crippen molar-refractivity contribution in [3.05, 3.63) is 19.6 Å². The third-order valence-electron chi connectivity index (χ3n) is 1.42. The summed E-state index contributed by atoms with van der Waals surface area (Å²) in [5, 5.41) is 8.40. The second kappa shape index (κ2) is 8.29. The normalized spacial score (nSPS) is 8.64. The van der Waals surface area contributed by atoms with Crippen molar-refractivity contribution in [1.82, 2.24) is 0 Å². The van der Waals surface area contributed by atoms with Gasteiger partial charge in [0.25, 0.3) is 0 Å². The molecule has 0 atom stereocenters. The summed E-state index contributed by atoms with van der Waals surface area (Å²) in [4.78, 5) is 21.1. The molecule has 0 bridgehead atoms. The lowest BCUT2D eigenvalue weighted by atomic mass is 10.2. The molecule has 0 heterocycles. The Morgan fingerprint density at radius 1 is 1.43 bits per heavy atom. The lowest BCUT2D eigenvalue weighted by molar-refractivity contribution is -0.144. The van der Waals surface area contributed by atoms with Gasteiger partial charge in [-0.3, -0.25) is 4.79 Å². The van der Waals surface area contributed by atoms with Crippen LogP contribution in [0.15, 0.2) is 12.2 Å². The molecule has 0 saturated heterocycles. The fraction of sp³-hybridized carbons (Fsp3) is 0.500. The summed E-state index contributed by atoms with van der Waals surface area (Å²) in [7, 11) is 0. The van der Waals surface area contributed by atoms with Gasteiger partial charge < -0.3 is 9.84 Å². The van der Waals surface area contributed by atoms with Crippen LogP contribution in [0, 0.1) is 7.43 Å². The Morgan fingerprint density at radius 2 is 2.00 bits per heavy atom. The summed E-state index contributed by atoms with van der Waals surface area (Å²) in [6, 6.07) is 0. The molecule has 0 aliphatic rings. The number of carbonyl (C=O) groups is 2. The first-order valence-electron chi connectivity index (χ1n) is 4.14. The Morgan fingerprint density at radius 3 is 2.43 bits per heavy atom. The zero-order chi connectivity index (χ0) is 10.3. The Labute approximate surface area is 84.6 Å². The van der Waals surface area contributed by atoms with Crippen LogP contribution < -0.4 is 0 Å². The van der Waals surface area contributed by atoms with Gasteiger partial charge in [0.05, 0.1) is 13.0 Å². The van der Waals surface area contributed by atoms with E-state index in [9.17, 15) is 9.59 Å². The highest BCUT2D eigenvalue weighted by atomic mass is 16.5. The number of rotatable bonds is 6. The van der Waals surface area contributed by atoms with Gasteiger partial charge in [-0.1, -0.05) is 27.4 Å². The van der Waals surface area contributed by atoms with Crippen molar-refractivity contribution in [3.63, 3.8) is 0 Å². The molecule has 0 rings (SSSR count). The molecule has 1 N–H and O–H groups in total. The van der Waals surface area contributed by atoms with E-state index in [2.05, 4.69) is 6.58 Å². The molecule has 0 amide bonds. The van der Waals surface area contributed by atoms with Crippen LogP contribution in [-0.4, -0.2) is 23.7 Å². The van der Waals surface area contributed by atoms with Crippen molar-refractivity contribution >= 4 is 11.9 Å². The molecule has 0 spiro atoms. The minimum absolute atomic E-state index is 0. The Balaban J connectivity index is 0. The summed E-state index contributed by atoms with van der Waals surface area (Å²) in [6.45, 7) is 5.55. The summed E-state index contributed by atoms with van der Waals surface area (Å²) >= 11 is 0. The van der Waals surface area contributed by atoms with Crippen LogP contribution in [0.1, 0.15) is 26.2 Å². The first-order valence-corrected chi connectivity index (χ1v) is 4.14. The standard InChI is InChI=1S/C9H14O4.CH3/c1-3-4-5-13-8(10)6-7(2)9(11)12;/h2-6H2,1H3,(H,11,12);1H3. The number of carbonyl (C=O) groups excluding carboxylic acids is 1. The molecule has 1 radical (unpaired) electrons. The van der Waals surface area contributed by atoms with Gasteiger partial charge >= 0.3 is 11.9 Å². The lowest BCUT2D eigenvalue weighted by Crippen LogP contribution is -2.10. The van der Waals surface area contributed by atoms with Gasteiger partial charge in [-0.15, -0.1) is 0 Å². The lowest BCUT2D eigenvalue weighted by Gasteiger charge is -2.02. The maximum absolute atomic E-state index is 10.9. The van der Waals surface area contributed by atoms with Gasteiger partial charge in [0, 0.05) is 5.57 Å². The number of unbranched alkanes of at least 4 members (excludes halogenated alkanes) is 1. The van der Waals surface area contributed by atoms with Crippen molar-refractivity contribution < 1.29 is 19.4 Å². The Hall–Kier alpha value is -1.32. The number of hydrogen-bond acceptors (Lipinski definition) is 3. The smallest absolute Gasteiger partial charge is 0.331 e. The first-order chi connectivity index (χ1) is 6.07. The van der Waals surface area contributed by atoms with E-state index in [0.717, 1.165) is 12.8 Å². The molecule has 0 aliphatic carbocycles. The second-order valence-electron chi connectivity index (χ2n) is 2.66. The summed E-state index contributed by atoms with van der Waals surface area (Å²) in [5.74, 6) is -1.69. The van der Waals surface area contributed by atoms with E-state index in [-0.39, 0.29) is 19.4 Å². The average Bonchev–Trinajstić information content (AvgIpc) is 2.04. The van der Waals surface area contributed by atoms with Crippen molar-refractivity contribution in [1.29, 1.82) is 0 Å². The van der Waals surface area contributed by atoms with Crippen molar-refractivity contribution in [2.75, 3.05) is 6.61 Å². The predicted molar refractivity (Wildman–Crippen MR) is 53.7 cm³/mol. The predicted octanol–water partition coefficient (Wildman–Crippen LogP) is 1.81. The summed E-state index contributed by atoms with van der Waals surface area (Å²) < 4.78 is 4.74. The maximum atomic E-state index is 10.9. The van der Waals surface area contributed by atoms with Gasteiger partial charge in [0.15, 0.2) is 0 Å². The van der Waals surface area contributed by atoms with E-state index in [4.69, 9.17) is 9.84 Å². The van der Waals surface area contributed by atoms with Crippen molar-refractivity contribution in [2.45, 2.75) is 26.2 Å². The number of carboxylic acids is 1. The topological polar surface area (TPSA) is 63.6 Å². The zero-order valence-electron chi connectivity index (χ0n) is 8.71. The number of hydrogen-bond donors (Lipinski definition) is 1. The number of esters is 1. The molecular weight excluding hydrogens is 184 g/mol. The molecule has 0 fully saturated rings. The second-order valence-corrected chi connectivity index (χ2v) is 2.66. The number of aliphatic carboxylic acids is 1. The fourth-order valence-corrected chi connectivity index (χ4v) is 0.631. The minimum atomic E-state index is -1.16. The van der Waals surface area contributed by atoms with Gasteiger partial charge in [-0.05, 0) is 6.42 Å². The van der Waals surface area contributed by atoms with E-state index in [1.54, 1.807) is 0 Å². The van der Waals surface area contributed by atoms with Gasteiger partial charge in [-0.25, -0.2) is 4.79 Å². The van der Waals surface area contributed by atoms with Crippen LogP contribution in [0.3, 0.4) is 0 Å². The molecule has 14 heavy (non-hydrogen) atoms. The van der Waals surface area contributed by atoms with Crippen LogP contribution in [-0.2, 0) is 14.3 Å². The SMILES string of the molecule is C=C(CC(=O)OCCCC)C(=O)O.[CH3]. The highest BCUT2D eigenvalue weighted by Crippen LogP contribution is 2.00. The van der Waals surface area contributed by atoms with Crippen molar-refractivity contribution in [2.24, 2.45) is 0 Å². The molecule has 4 nitrogen and oxygen atoms in total. The molecule has 4 heteroatoms. The van der Waals surface area contributed by atoms with E-state index in [1.807, 2.05) is 6.92 Å². The highest BCUT2D eigenvalue weighted by molar-refractivity contribution is 5.91. The first kappa shape index (κ1) is 15.2. The molecule has 0 saturated carbocycles. The van der Waals surface area contributed by atoms with Crippen LogP contribution in [0.4, 0.5) is 0 Å². The quantitative estimate of drug-likeness (QED) is 0.404. The van der Waals surface area contributed by atoms with Gasteiger partial charge in [-0.2, -0.15) is 0 Å². The van der Waals surface area contributed by atoms with E-state index < -0.39 is 11.9 Å². The van der Waals surface area contributed by atoms with Crippen LogP contribution >= 0.6 is 0 Å². The maximum Gasteiger partial charge on any atom is 0.331 e. The zero-order valence-corrected chi connectivity index (χ0v) is 8.71. The molecular formula is C10H17O4. The van der Waals surface area contributed by atoms with Crippen LogP contribution in [0.2, 0.25) is 0 Å². The Kier molecular flexibility index (Phi) is 8.98. The van der Waals surface area contributed by atoms with E-state index >= 15 is 0 Å². The third kappa shape index (κ3) is 7.34. The van der Waals surface area contributed by atoms with Gasteiger partial charge in [0.2, 0.25) is 0 Å². The van der Waals surface area contributed by atoms with Crippen LogP contribution in [0.25, 0.3) is 0 Å². The molecule has 0 aromatic carbocycles. The fourth-order valence-electron chi connectivity index (χ4n) is 0.631. The van der Waals surface area contributed by atoms with E-state index in [1.165, 1.54) is 0 Å². The largest absolute Gasteiger partial charge is 0.478 e. The molecule has 0 aliphatic heterocycles. The molecule has 0 aromatic rings.